The van der Waals surface area contributed by atoms with Crippen molar-refractivity contribution in [3.05, 3.63) is 22.8 Å². The molecule has 0 N–H and O–H groups in total. The van der Waals surface area contributed by atoms with Crippen LogP contribution in [0.25, 0.3) is 0 Å². The number of rotatable bonds is 0. The lowest BCUT2D eigenvalue weighted by Crippen LogP contribution is -2.10. The minimum absolute atomic E-state index is 0.588. The van der Waals surface area contributed by atoms with Crippen LogP contribution in [0.1, 0.15) is 25.7 Å². The van der Waals surface area contributed by atoms with Crippen molar-refractivity contribution in [3.63, 3.8) is 0 Å². The van der Waals surface area contributed by atoms with E-state index in [2.05, 4.69) is 12.1 Å². The predicted molar refractivity (Wildman–Crippen MR) is 46.2 cm³/mol. The highest BCUT2D eigenvalue weighted by molar-refractivity contribution is 5.63. The van der Waals surface area contributed by atoms with Crippen LogP contribution in [0.2, 0.25) is 0 Å². The molecular formula is C11H11N. The molecule has 0 aromatic rings. The Labute approximate surface area is 72.4 Å². The Morgan fingerprint density at radius 1 is 1.42 bits per heavy atom. The van der Waals surface area contributed by atoms with Gasteiger partial charge in [0, 0.05) is 11.5 Å². The van der Waals surface area contributed by atoms with Gasteiger partial charge in [-0.25, -0.2) is 0 Å². The summed E-state index contributed by atoms with van der Waals surface area (Å²) in [4.78, 5) is 0. The van der Waals surface area contributed by atoms with Gasteiger partial charge in [0.15, 0.2) is 0 Å². The first-order valence-electron chi connectivity index (χ1n) is 4.76. The normalized spacial score (nSPS) is 36.8. The van der Waals surface area contributed by atoms with Crippen LogP contribution in [0, 0.1) is 23.2 Å². The van der Waals surface area contributed by atoms with Gasteiger partial charge in [0.05, 0.1) is 6.07 Å². The first-order valence-corrected chi connectivity index (χ1v) is 4.76. The SMILES string of the molecule is N#CC1=C2C=C3CCCCC3C12. The molecule has 0 radical (unpaired) electrons. The molecule has 12 heavy (non-hydrogen) atoms. The summed E-state index contributed by atoms with van der Waals surface area (Å²) in [6.07, 6.45) is 7.65. The van der Waals surface area contributed by atoms with Crippen molar-refractivity contribution in [1.82, 2.24) is 0 Å². The van der Waals surface area contributed by atoms with Crippen molar-refractivity contribution < 1.29 is 0 Å². The van der Waals surface area contributed by atoms with E-state index >= 15 is 0 Å². The van der Waals surface area contributed by atoms with Gasteiger partial charge in [0.25, 0.3) is 0 Å². The molecule has 2 unspecified atom stereocenters. The van der Waals surface area contributed by atoms with Gasteiger partial charge in [-0.2, -0.15) is 5.26 Å². The van der Waals surface area contributed by atoms with Crippen molar-refractivity contribution in [2.24, 2.45) is 11.8 Å². The third kappa shape index (κ3) is 0.634. The second kappa shape index (κ2) is 2.01. The maximum Gasteiger partial charge on any atom is 0.0957 e. The van der Waals surface area contributed by atoms with Crippen LogP contribution in [0.15, 0.2) is 22.8 Å². The topological polar surface area (TPSA) is 23.8 Å². The van der Waals surface area contributed by atoms with Gasteiger partial charge < -0.3 is 0 Å². The van der Waals surface area contributed by atoms with Gasteiger partial charge >= 0.3 is 0 Å². The van der Waals surface area contributed by atoms with Gasteiger partial charge in [-0.3, -0.25) is 0 Å². The second-order valence-corrected chi connectivity index (χ2v) is 4.03. The molecule has 3 aliphatic carbocycles. The Bertz CT molecular complexity index is 341. The van der Waals surface area contributed by atoms with E-state index < -0.39 is 0 Å². The van der Waals surface area contributed by atoms with Gasteiger partial charge in [0.2, 0.25) is 0 Å². The van der Waals surface area contributed by atoms with E-state index in [9.17, 15) is 0 Å². The summed E-state index contributed by atoms with van der Waals surface area (Å²) in [5, 5.41) is 8.77. The smallest absolute Gasteiger partial charge is 0.0957 e. The van der Waals surface area contributed by atoms with Crippen LogP contribution in [-0.4, -0.2) is 0 Å². The molecule has 0 spiro atoms. The highest BCUT2D eigenvalue weighted by Gasteiger charge is 2.47. The van der Waals surface area contributed by atoms with Crippen LogP contribution in [0.3, 0.4) is 0 Å². The van der Waals surface area contributed by atoms with Crippen LogP contribution < -0.4 is 0 Å². The lowest BCUT2D eigenvalue weighted by Gasteiger charge is -2.22. The number of hydrogen-bond donors (Lipinski definition) is 0. The maximum absolute atomic E-state index is 8.77. The van der Waals surface area contributed by atoms with E-state index in [4.69, 9.17) is 5.26 Å². The number of nitriles is 1. The molecule has 3 rings (SSSR count). The van der Waals surface area contributed by atoms with E-state index in [1.807, 2.05) is 0 Å². The Hall–Kier alpha value is -1.03. The van der Waals surface area contributed by atoms with Crippen molar-refractivity contribution in [3.8, 4) is 6.07 Å². The fourth-order valence-corrected chi connectivity index (χ4v) is 2.80. The fourth-order valence-electron chi connectivity index (χ4n) is 2.80. The highest BCUT2D eigenvalue weighted by atomic mass is 14.5. The monoisotopic (exact) mass is 157 g/mol. The molecule has 0 amide bonds. The average Bonchev–Trinajstić information content (AvgIpc) is 2.68. The van der Waals surface area contributed by atoms with Gasteiger partial charge in [-0.15, -0.1) is 0 Å². The molecule has 0 aliphatic heterocycles. The van der Waals surface area contributed by atoms with E-state index in [0.29, 0.717) is 5.92 Å². The number of nitrogens with zero attached hydrogens (tertiary/aromatic N) is 1. The summed E-state index contributed by atoms with van der Waals surface area (Å²) in [6.45, 7) is 0. The third-order valence-corrected chi connectivity index (χ3v) is 3.44. The molecule has 0 bridgehead atoms. The largest absolute Gasteiger partial charge is 0.193 e. The Morgan fingerprint density at radius 2 is 2.33 bits per heavy atom. The number of fused-ring (bicyclic) bond motifs is 3. The van der Waals surface area contributed by atoms with Crippen molar-refractivity contribution in [2.75, 3.05) is 0 Å². The van der Waals surface area contributed by atoms with Crippen molar-refractivity contribution in [1.29, 1.82) is 5.26 Å². The number of hydrogen-bond acceptors (Lipinski definition) is 1. The molecule has 0 heterocycles. The lowest BCUT2D eigenvalue weighted by atomic mass is 9.82. The maximum atomic E-state index is 8.77. The lowest BCUT2D eigenvalue weighted by molar-refractivity contribution is 0.436. The summed E-state index contributed by atoms with van der Waals surface area (Å²) >= 11 is 0. The van der Waals surface area contributed by atoms with Crippen LogP contribution in [0.5, 0.6) is 0 Å². The molecule has 2 atom stereocenters. The molecule has 0 aromatic heterocycles. The molecule has 1 saturated carbocycles. The molecule has 3 aliphatic rings. The summed E-state index contributed by atoms with van der Waals surface area (Å²) in [5.41, 5.74) is 4.10. The molecule has 1 fully saturated rings. The third-order valence-electron chi connectivity index (χ3n) is 3.44. The Kier molecular flexibility index (Phi) is 1.09. The van der Waals surface area contributed by atoms with E-state index in [-0.39, 0.29) is 0 Å². The Morgan fingerprint density at radius 3 is 3.17 bits per heavy atom. The zero-order valence-electron chi connectivity index (χ0n) is 7.01. The van der Waals surface area contributed by atoms with Gasteiger partial charge in [-0.1, -0.05) is 18.1 Å². The molecule has 0 aromatic carbocycles. The predicted octanol–water partition coefficient (Wildman–Crippen LogP) is 2.57. The van der Waals surface area contributed by atoms with Gasteiger partial charge in [-0.05, 0) is 30.8 Å². The quantitative estimate of drug-likeness (QED) is 0.530. The van der Waals surface area contributed by atoms with Gasteiger partial charge in [0.1, 0.15) is 0 Å². The van der Waals surface area contributed by atoms with Crippen molar-refractivity contribution >= 4 is 0 Å². The highest BCUT2D eigenvalue weighted by Crippen LogP contribution is 2.57. The Balaban J connectivity index is 1.95. The fraction of sp³-hybridized carbons (Fsp3) is 0.545. The van der Waals surface area contributed by atoms with Crippen LogP contribution in [-0.2, 0) is 0 Å². The molecule has 1 nitrogen and oxygen atoms in total. The summed E-state index contributed by atoms with van der Waals surface area (Å²) in [5.74, 6) is 1.34. The standard InChI is InChI=1S/C11H11N/c12-6-10-9-5-7-3-1-2-4-8(7)11(9)10/h5,8,11H,1-4H2. The molecule has 60 valence electrons. The second-order valence-electron chi connectivity index (χ2n) is 4.03. The summed E-state index contributed by atoms with van der Waals surface area (Å²) in [7, 11) is 0. The van der Waals surface area contributed by atoms with E-state index in [1.165, 1.54) is 31.3 Å². The minimum Gasteiger partial charge on any atom is -0.193 e. The average molecular weight is 157 g/mol. The zero-order chi connectivity index (χ0) is 8.13. The minimum atomic E-state index is 0.588. The summed E-state index contributed by atoms with van der Waals surface area (Å²) < 4.78 is 0. The first-order chi connectivity index (χ1) is 5.92. The molecule has 0 saturated heterocycles. The van der Waals surface area contributed by atoms with Crippen LogP contribution >= 0.6 is 0 Å². The molecular weight excluding hydrogens is 146 g/mol. The van der Waals surface area contributed by atoms with E-state index in [0.717, 1.165) is 11.5 Å². The van der Waals surface area contributed by atoms with Crippen molar-refractivity contribution in [2.45, 2.75) is 25.7 Å². The summed E-state index contributed by atoms with van der Waals surface area (Å²) in [6, 6.07) is 2.31. The molecule has 1 heteroatoms. The number of allylic oxidation sites excluding steroid dienone is 4. The first kappa shape index (κ1) is 6.48. The zero-order valence-corrected chi connectivity index (χ0v) is 7.01. The van der Waals surface area contributed by atoms with Crippen LogP contribution in [0.4, 0.5) is 0 Å². The van der Waals surface area contributed by atoms with E-state index in [1.54, 1.807) is 5.57 Å².